The zero-order valence-corrected chi connectivity index (χ0v) is 18.0. The predicted octanol–water partition coefficient (Wildman–Crippen LogP) is 4.29. The Hall–Kier alpha value is -2.57. The van der Waals surface area contributed by atoms with Gasteiger partial charge in [0.2, 0.25) is 11.8 Å². The summed E-state index contributed by atoms with van der Waals surface area (Å²) in [7, 11) is 0. The fraction of sp³-hybridized carbons (Fsp3) is 0.222. The van der Waals surface area contributed by atoms with Gasteiger partial charge in [-0.05, 0) is 29.6 Å². The summed E-state index contributed by atoms with van der Waals surface area (Å²) in [6.45, 7) is 0.203. The minimum absolute atomic E-state index is 0.0376. The number of nitrogens with two attached hydrogens (primary N) is 1. The van der Waals surface area contributed by atoms with Crippen LogP contribution in [-0.4, -0.2) is 32.3 Å². The molecule has 0 fully saturated rings. The summed E-state index contributed by atoms with van der Waals surface area (Å²) in [5, 5.41) is 12.5. The number of halogens is 4. The third-order valence-corrected chi connectivity index (χ3v) is 6.00. The Labute approximate surface area is 187 Å². The zero-order valence-electron chi connectivity index (χ0n) is 15.6. The van der Waals surface area contributed by atoms with Crippen molar-refractivity contribution >= 4 is 52.2 Å². The first-order valence-electron chi connectivity index (χ1n) is 8.70. The van der Waals surface area contributed by atoms with E-state index in [2.05, 4.69) is 15.5 Å². The largest absolute Gasteiger partial charge is 0.418 e. The van der Waals surface area contributed by atoms with Gasteiger partial charge in [0.05, 0.1) is 21.9 Å². The molecule has 31 heavy (non-hydrogen) atoms. The summed E-state index contributed by atoms with van der Waals surface area (Å²) in [6, 6.07) is 6.76. The number of anilines is 1. The van der Waals surface area contributed by atoms with Crippen molar-refractivity contribution in [2.75, 3.05) is 11.1 Å². The van der Waals surface area contributed by atoms with Gasteiger partial charge in [0.15, 0.2) is 11.0 Å². The number of primary amides is 1. The van der Waals surface area contributed by atoms with Gasteiger partial charge in [-0.3, -0.25) is 9.59 Å². The minimum atomic E-state index is -4.68. The van der Waals surface area contributed by atoms with Crippen LogP contribution in [0.1, 0.15) is 12.0 Å². The van der Waals surface area contributed by atoms with Gasteiger partial charge in [-0.15, -0.1) is 21.5 Å². The molecule has 0 unspecified atom stereocenters. The summed E-state index contributed by atoms with van der Waals surface area (Å²) in [5.74, 6) is -0.892. The molecule has 0 spiro atoms. The molecule has 0 aliphatic carbocycles. The Kier molecular flexibility index (Phi) is 7.23. The standard InChI is InChI=1S/C18H15ClF3N5O2S2/c19-10-3-4-12(11(8-10)18(20,21)22)24-15(29)9-31-17-26-25-16(13-2-1-7-30-13)27(17)6-5-14(23)28/h1-4,7-8H,5-6,9H2,(H2,23,28)(H,24,29). The van der Waals surface area contributed by atoms with E-state index in [-0.39, 0.29) is 23.7 Å². The molecule has 0 aliphatic rings. The number of nitrogens with zero attached hydrogens (tertiary/aromatic N) is 3. The number of carbonyl (C=O) groups is 2. The number of thiophene rings is 1. The normalized spacial score (nSPS) is 11.5. The van der Waals surface area contributed by atoms with Crippen LogP contribution < -0.4 is 11.1 Å². The van der Waals surface area contributed by atoms with Crippen LogP contribution in [-0.2, 0) is 22.3 Å². The first kappa shape index (κ1) is 23.1. The van der Waals surface area contributed by atoms with Crippen molar-refractivity contribution in [3.8, 4) is 10.7 Å². The van der Waals surface area contributed by atoms with Gasteiger partial charge in [0, 0.05) is 18.0 Å². The molecule has 164 valence electrons. The molecule has 0 atom stereocenters. The Morgan fingerprint density at radius 2 is 2.03 bits per heavy atom. The van der Waals surface area contributed by atoms with Crippen LogP contribution in [0.3, 0.4) is 0 Å². The second-order valence-electron chi connectivity index (χ2n) is 6.18. The van der Waals surface area contributed by atoms with Crippen molar-refractivity contribution in [1.29, 1.82) is 0 Å². The summed E-state index contributed by atoms with van der Waals surface area (Å²) in [4.78, 5) is 24.3. The van der Waals surface area contributed by atoms with Crippen LogP contribution in [0, 0.1) is 0 Å². The van der Waals surface area contributed by atoms with Gasteiger partial charge < -0.3 is 15.6 Å². The Morgan fingerprint density at radius 3 is 2.68 bits per heavy atom. The maximum atomic E-state index is 13.2. The number of nitrogens with one attached hydrogen (secondary N) is 1. The maximum Gasteiger partial charge on any atom is 0.418 e. The van der Waals surface area contributed by atoms with Gasteiger partial charge in [-0.1, -0.05) is 29.4 Å². The van der Waals surface area contributed by atoms with Crippen molar-refractivity contribution in [3.05, 3.63) is 46.3 Å². The Balaban J connectivity index is 1.74. The summed E-state index contributed by atoms with van der Waals surface area (Å²) >= 11 is 8.05. The lowest BCUT2D eigenvalue weighted by Gasteiger charge is -2.14. The van der Waals surface area contributed by atoms with E-state index in [9.17, 15) is 22.8 Å². The molecular weight excluding hydrogens is 475 g/mol. The lowest BCUT2D eigenvalue weighted by atomic mass is 10.1. The van der Waals surface area contributed by atoms with Gasteiger partial charge >= 0.3 is 6.18 Å². The molecule has 7 nitrogen and oxygen atoms in total. The number of thioether (sulfide) groups is 1. The van der Waals surface area contributed by atoms with Crippen LogP contribution in [0.2, 0.25) is 5.02 Å². The third-order valence-electron chi connectivity index (χ3n) is 3.93. The monoisotopic (exact) mass is 489 g/mol. The fourth-order valence-electron chi connectivity index (χ4n) is 2.58. The summed E-state index contributed by atoms with van der Waals surface area (Å²) < 4.78 is 41.2. The van der Waals surface area contributed by atoms with E-state index < -0.39 is 29.2 Å². The van der Waals surface area contributed by atoms with E-state index in [0.29, 0.717) is 11.0 Å². The Morgan fingerprint density at radius 1 is 1.26 bits per heavy atom. The molecule has 13 heteroatoms. The van der Waals surface area contributed by atoms with E-state index in [1.807, 2.05) is 17.5 Å². The zero-order chi connectivity index (χ0) is 22.6. The summed E-state index contributed by atoms with van der Waals surface area (Å²) in [6.07, 6.45) is -4.64. The molecule has 2 amide bonds. The topological polar surface area (TPSA) is 103 Å². The van der Waals surface area contributed by atoms with Gasteiger partial charge in [0.25, 0.3) is 0 Å². The number of hydrogen-bond acceptors (Lipinski definition) is 6. The number of amides is 2. The average Bonchev–Trinajstić information content (AvgIpc) is 3.34. The highest BCUT2D eigenvalue weighted by Crippen LogP contribution is 2.36. The molecular formula is C18H15ClF3N5O2S2. The number of rotatable bonds is 8. The van der Waals surface area contributed by atoms with Crippen molar-refractivity contribution in [2.45, 2.75) is 24.3 Å². The number of benzene rings is 1. The van der Waals surface area contributed by atoms with Crippen LogP contribution >= 0.6 is 34.7 Å². The van der Waals surface area contributed by atoms with E-state index in [4.69, 9.17) is 17.3 Å². The Bertz CT molecular complexity index is 1090. The van der Waals surface area contributed by atoms with Crippen molar-refractivity contribution in [3.63, 3.8) is 0 Å². The van der Waals surface area contributed by atoms with Gasteiger partial charge in [-0.2, -0.15) is 13.2 Å². The highest BCUT2D eigenvalue weighted by molar-refractivity contribution is 7.99. The first-order chi connectivity index (χ1) is 14.6. The molecule has 1 aromatic carbocycles. The molecule has 3 rings (SSSR count). The number of carbonyl (C=O) groups excluding carboxylic acids is 2. The fourth-order valence-corrected chi connectivity index (χ4v) is 4.24. The second kappa shape index (κ2) is 9.71. The predicted molar refractivity (Wildman–Crippen MR) is 113 cm³/mol. The SMILES string of the molecule is NC(=O)CCn1c(SCC(=O)Nc2ccc(Cl)cc2C(F)(F)F)nnc1-c1cccs1. The quantitative estimate of drug-likeness (QED) is 0.460. The molecule has 0 radical (unpaired) electrons. The van der Waals surface area contributed by atoms with Crippen molar-refractivity contribution in [2.24, 2.45) is 5.73 Å². The lowest BCUT2D eigenvalue weighted by Crippen LogP contribution is -2.19. The average molecular weight is 490 g/mol. The third kappa shape index (κ3) is 5.99. The first-order valence-corrected chi connectivity index (χ1v) is 10.9. The molecule has 2 aromatic heterocycles. The van der Waals surface area contributed by atoms with Crippen LogP contribution in [0.25, 0.3) is 10.7 Å². The highest BCUT2D eigenvalue weighted by Gasteiger charge is 2.34. The lowest BCUT2D eigenvalue weighted by molar-refractivity contribution is -0.137. The van der Waals surface area contributed by atoms with Gasteiger partial charge in [-0.25, -0.2) is 0 Å². The molecule has 3 aromatic rings. The molecule has 0 saturated heterocycles. The molecule has 3 N–H and O–H groups in total. The van der Waals surface area contributed by atoms with E-state index >= 15 is 0 Å². The number of aromatic nitrogens is 3. The minimum Gasteiger partial charge on any atom is -0.370 e. The van der Waals surface area contributed by atoms with Crippen LogP contribution in [0.4, 0.5) is 18.9 Å². The van der Waals surface area contributed by atoms with Crippen molar-refractivity contribution in [1.82, 2.24) is 14.8 Å². The number of hydrogen-bond donors (Lipinski definition) is 2. The van der Waals surface area contributed by atoms with Crippen LogP contribution in [0.15, 0.2) is 40.9 Å². The highest BCUT2D eigenvalue weighted by atomic mass is 35.5. The van der Waals surface area contributed by atoms with Crippen molar-refractivity contribution < 1.29 is 22.8 Å². The number of alkyl halides is 3. The molecule has 0 bridgehead atoms. The molecule has 2 heterocycles. The van der Waals surface area contributed by atoms with Crippen LogP contribution in [0.5, 0.6) is 0 Å². The van der Waals surface area contributed by atoms with E-state index in [1.165, 1.54) is 17.4 Å². The molecule has 0 aliphatic heterocycles. The second-order valence-corrected chi connectivity index (χ2v) is 8.50. The van der Waals surface area contributed by atoms with E-state index in [0.717, 1.165) is 28.8 Å². The smallest absolute Gasteiger partial charge is 0.370 e. The van der Waals surface area contributed by atoms with E-state index in [1.54, 1.807) is 4.57 Å². The maximum absolute atomic E-state index is 13.2. The van der Waals surface area contributed by atoms with Gasteiger partial charge in [0.1, 0.15) is 0 Å². The summed E-state index contributed by atoms with van der Waals surface area (Å²) in [5.41, 5.74) is 3.80. The molecule has 0 saturated carbocycles.